The predicted octanol–water partition coefficient (Wildman–Crippen LogP) is 3.69. The Hall–Kier alpha value is -0.540. The fourth-order valence-electron chi connectivity index (χ4n) is 1.37. The highest BCUT2D eigenvalue weighted by Crippen LogP contribution is 2.25. The molecule has 2 unspecified atom stereocenters. The second kappa shape index (κ2) is 6.92. The van der Waals surface area contributed by atoms with Gasteiger partial charge in [-0.25, -0.2) is 4.39 Å². The first-order valence-electron chi connectivity index (χ1n) is 5.79. The third-order valence-corrected chi connectivity index (χ3v) is 3.88. The van der Waals surface area contributed by atoms with Gasteiger partial charge in [-0.15, -0.1) is 11.8 Å². The monoisotopic (exact) mass is 241 g/mol. The number of hydrogen-bond acceptors (Lipinski definition) is 2. The van der Waals surface area contributed by atoms with Crippen molar-refractivity contribution in [2.75, 3.05) is 6.54 Å². The van der Waals surface area contributed by atoms with Crippen molar-refractivity contribution < 1.29 is 4.39 Å². The van der Waals surface area contributed by atoms with E-state index in [1.165, 1.54) is 12.1 Å². The molecule has 1 nitrogen and oxygen atoms in total. The van der Waals surface area contributed by atoms with Crippen LogP contribution in [0.3, 0.4) is 0 Å². The van der Waals surface area contributed by atoms with Gasteiger partial charge in [0.05, 0.1) is 0 Å². The molecule has 0 aliphatic carbocycles. The van der Waals surface area contributed by atoms with Gasteiger partial charge in [0.15, 0.2) is 0 Å². The summed E-state index contributed by atoms with van der Waals surface area (Å²) in [6, 6.07) is 7.17. The summed E-state index contributed by atoms with van der Waals surface area (Å²) >= 11 is 1.78. The van der Waals surface area contributed by atoms with Crippen molar-refractivity contribution in [3.05, 3.63) is 30.1 Å². The van der Waals surface area contributed by atoms with E-state index in [4.69, 9.17) is 0 Å². The molecule has 0 radical (unpaired) electrons. The van der Waals surface area contributed by atoms with Crippen molar-refractivity contribution in [2.45, 2.75) is 43.4 Å². The molecule has 1 aromatic carbocycles. The van der Waals surface area contributed by atoms with Crippen molar-refractivity contribution in [2.24, 2.45) is 0 Å². The van der Waals surface area contributed by atoms with E-state index < -0.39 is 0 Å². The zero-order valence-corrected chi connectivity index (χ0v) is 11.0. The molecule has 1 rings (SSSR count). The molecule has 0 aromatic heterocycles. The van der Waals surface area contributed by atoms with Gasteiger partial charge in [-0.3, -0.25) is 0 Å². The quantitative estimate of drug-likeness (QED) is 0.762. The van der Waals surface area contributed by atoms with Crippen LogP contribution in [-0.4, -0.2) is 17.8 Å². The summed E-state index contributed by atoms with van der Waals surface area (Å²) in [7, 11) is 0. The Bertz CT molecular complexity index is 299. The number of hydrogen-bond donors (Lipinski definition) is 1. The molecule has 0 bridgehead atoms. The minimum atomic E-state index is -0.172. The van der Waals surface area contributed by atoms with Gasteiger partial charge in [-0.2, -0.15) is 0 Å². The molecule has 90 valence electrons. The standard InChI is InChI=1S/C13H20FNS/c1-4-9-15-10(2)11(3)16-13-7-5-12(14)6-8-13/h5-8,10-11,15H,4,9H2,1-3H3. The van der Waals surface area contributed by atoms with E-state index in [0.29, 0.717) is 11.3 Å². The first-order valence-corrected chi connectivity index (χ1v) is 6.67. The van der Waals surface area contributed by atoms with Crippen LogP contribution in [0.2, 0.25) is 0 Å². The highest BCUT2D eigenvalue weighted by atomic mass is 32.2. The molecule has 0 amide bonds. The van der Waals surface area contributed by atoms with E-state index in [-0.39, 0.29) is 5.82 Å². The van der Waals surface area contributed by atoms with E-state index in [1.807, 2.05) is 12.1 Å². The molecule has 0 aliphatic rings. The molecule has 0 fully saturated rings. The summed E-state index contributed by atoms with van der Waals surface area (Å²) in [5.41, 5.74) is 0. The van der Waals surface area contributed by atoms with E-state index in [2.05, 4.69) is 26.1 Å². The van der Waals surface area contributed by atoms with Crippen LogP contribution >= 0.6 is 11.8 Å². The predicted molar refractivity (Wildman–Crippen MR) is 69.5 cm³/mol. The number of nitrogens with one attached hydrogen (secondary N) is 1. The Morgan fingerprint density at radius 3 is 2.44 bits per heavy atom. The zero-order valence-electron chi connectivity index (χ0n) is 10.2. The summed E-state index contributed by atoms with van der Waals surface area (Å²) in [6.07, 6.45) is 1.15. The molecule has 3 heteroatoms. The smallest absolute Gasteiger partial charge is 0.123 e. The van der Waals surface area contributed by atoms with E-state index >= 15 is 0 Å². The molecule has 0 saturated heterocycles. The highest BCUT2D eigenvalue weighted by molar-refractivity contribution is 8.00. The number of halogens is 1. The molecular formula is C13H20FNS. The molecule has 1 N–H and O–H groups in total. The van der Waals surface area contributed by atoms with Crippen LogP contribution in [0, 0.1) is 5.82 Å². The summed E-state index contributed by atoms with van der Waals surface area (Å²) in [5.74, 6) is -0.172. The van der Waals surface area contributed by atoms with Crippen LogP contribution < -0.4 is 5.32 Å². The maximum Gasteiger partial charge on any atom is 0.123 e. The van der Waals surface area contributed by atoms with Crippen molar-refractivity contribution in [3.63, 3.8) is 0 Å². The fraction of sp³-hybridized carbons (Fsp3) is 0.538. The Balaban J connectivity index is 2.43. The Labute approximate surface area is 102 Å². The normalized spacial score (nSPS) is 14.8. The van der Waals surface area contributed by atoms with Gasteiger partial charge in [-0.1, -0.05) is 13.8 Å². The number of benzene rings is 1. The van der Waals surface area contributed by atoms with Gasteiger partial charge < -0.3 is 5.32 Å². The minimum Gasteiger partial charge on any atom is -0.313 e. The lowest BCUT2D eigenvalue weighted by Gasteiger charge is -2.20. The number of thioether (sulfide) groups is 1. The first-order chi connectivity index (χ1) is 7.63. The van der Waals surface area contributed by atoms with Gasteiger partial charge in [0.1, 0.15) is 5.82 Å². The SMILES string of the molecule is CCCNC(C)C(C)Sc1ccc(F)cc1. The van der Waals surface area contributed by atoms with Crippen LogP contribution in [-0.2, 0) is 0 Å². The van der Waals surface area contributed by atoms with Crippen LogP contribution in [0.25, 0.3) is 0 Å². The summed E-state index contributed by atoms with van der Waals surface area (Å²) in [6.45, 7) is 7.60. The van der Waals surface area contributed by atoms with E-state index in [9.17, 15) is 4.39 Å². The Kier molecular flexibility index (Phi) is 5.85. The highest BCUT2D eigenvalue weighted by Gasteiger charge is 2.12. The van der Waals surface area contributed by atoms with Crippen LogP contribution in [0.4, 0.5) is 4.39 Å². The molecule has 0 aliphatic heterocycles. The molecule has 1 aromatic rings. The van der Waals surface area contributed by atoms with Gasteiger partial charge in [0, 0.05) is 16.2 Å². The first kappa shape index (κ1) is 13.5. The van der Waals surface area contributed by atoms with Gasteiger partial charge in [0.2, 0.25) is 0 Å². The lowest BCUT2D eigenvalue weighted by Crippen LogP contribution is -2.34. The second-order valence-electron chi connectivity index (χ2n) is 4.02. The Morgan fingerprint density at radius 1 is 1.25 bits per heavy atom. The number of rotatable bonds is 6. The van der Waals surface area contributed by atoms with Crippen molar-refractivity contribution in [3.8, 4) is 0 Å². The third kappa shape index (κ3) is 4.54. The zero-order chi connectivity index (χ0) is 12.0. The van der Waals surface area contributed by atoms with Gasteiger partial charge in [0.25, 0.3) is 0 Å². The summed E-state index contributed by atoms with van der Waals surface area (Å²) in [4.78, 5) is 1.12. The third-order valence-electron chi connectivity index (χ3n) is 2.56. The van der Waals surface area contributed by atoms with Crippen molar-refractivity contribution >= 4 is 11.8 Å². The summed E-state index contributed by atoms with van der Waals surface area (Å²) in [5, 5.41) is 3.95. The molecule has 0 heterocycles. The molecule has 2 atom stereocenters. The molecule has 0 saturated carbocycles. The molecule has 0 spiro atoms. The topological polar surface area (TPSA) is 12.0 Å². The fourth-order valence-corrected chi connectivity index (χ4v) is 2.39. The lowest BCUT2D eigenvalue weighted by molar-refractivity contribution is 0.542. The van der Waals surface area contributed by atoms with E-state index in [0.717, 1.165) is 17.9 Å². The minimum absolute atomic E-state index is 0.172. The second-order valence-corrected chi connectivity index (χ2v) is 5.47. The van der Waals surface area contributed by atoms with Crippen molar-refractivity contribution in [1.29, 1.82) is 0 Å². The van der Waals surface area contributed by atoms with E-state index in [1.54, 1.807) is 11.8 Å². The Morgan fingerprint density at radius 2 is 1.88 bits per heavy atom. The van der Waals surface area contributed by atoms with Crippen LogP contribution in [0.5, 0.6) is 0 Å². The average Bonchev–Trinajstić information content (AvgIpc) is 2.29. The van der Waals surface area contributed by atoms with Crippen LogP contribution in [0.1, 0.15) is 27.2 Å². The maximum absolute atomic E-state index is 12.7. The van der Waals surface area contributed by atoms with Crippen molar-refractivity contribution in [1.82, 2.24) is 5.32 Å². The molecular weight excluding hydrogens is 221 g/mol. The van der Waals surface area contributed by atoms with Crippen LogP contribution in [0.15, 0.2) is 29.2 Å². The largest absolute Gasteiger partial charge is 0.313 e. The average molecular weight is 241 g/mol. The van der Waals surface area contributed by atoms with Gasteiger partial charge in [-0.05, 0) is 44.2 Å². The lowest BCUT2D eigenvalue weighted by atomic mass is 10.2. The maximum atomic E-state index is 12.7. The molecule has 16 heavy (non-hydrogen) atoms. The van der Waals surface area contributed by atoms with Gasteiger partial charge >= 0.3 is 0 Å². The summed E-state index contributed by atoms with van der Waals surface area (Å²) < 4.78 is 12.7.